The number of rotatable bonds is 7. The van der Waals surface area contributed by atoms with Gasteiger partial charge in [0.2, 0.25) is 0 Å². The Morgan fingerprint density at radius 1 is 0.964 bits per heavy atom. The summed E-state index contributed by atoms with van der Waals surface area (Å²) in [5, 5.41) is 0. The Kier molecular flexibility index (Phi) is 7.13. The molecule has 0 bridgehead atoms. The third-order valence-corrected chi connectivity index (χ3v) is 5.97. The standard InChI is InChI=1S/C25H32O3/c1-4-6-19-7-12-22(17-18(19)3)20-8-10-21(11-9-20)25(26)28-24-15-13-23(14-16-24)27-5-2/h8-11,13-16,18-19,22H,4-7,12,17H2,1-3H3. The summed E-state index contributed by atoms with van der Waals surface area (Å²) in [4.78, 5) is 12.4. The van der Waals surface area contributed by atoms with Gasteiger partial charge in [-0.2, -0.15) is 0 Å². The fourth-order valence-corrected chi connectivity index (χ4v) is 4.39. The number of carbonyl (C=O) groups is 1. The van der Waals surface area contributed by atoms with Gasteiger partial charge in [-0.3, -0.25) is 0 Å². The van der Waals surface area contributed by atoms with Crippen LogP contribution in [0.1, 0.15) is 74.7 Å². The summed E-state index contributed by atoms with van der Waals surface area (Å²) in [5.74, 6) is 3.25. The minimum absolute atomic E-state index is 0.323. The maximum absolute atomic E-state index is 12.4. The quantitative estimate of drug-likeness (QED) is 0.400. The fourth-order valence-electron chi connectivity index (χ4n) is 4.39. The predicted molar refractivity (Wildman–Crippen MR) is 113 cm³/mol. The topological polar surface area (TPSA) is 35.5 Å². The van der Waals surface area contributed by atoms with Gasteiger partial charge in [0.1, 0.15) is 11.5 Å². The molecule has 0 amide bonds. The number of esters is 1. The average molecular weight is 381 g/mol. The van der Waals surface area contributed by atoms with Crippen LogP contribution in [-0.4, -0.2) is 12.6 Å². The van der Waals surface area contributed by atoms with Crippen LogP contribution in [0.25, 0.3) is 0 Å². The van der Waals surface area contributed by atoms with E-state index in [1.54, 1.807) is 12.1 Å². The molecule has 0 N–H and O–H groups in total. The third-order valence-electron chi connectivity index (χ3n) is 5.97. The van der Waals surface area contributed by atoms with Gasteiger partial charge in [0, 0.05) is 0 Å². The van der Waals surface area contributed by atoms with Crippen LogP contribution in [0.3, 0.4) is 0 Å². The van der Waals surface area contributed by atoms with E-state index in [1.807, 2.05) is 31.2 Å². The summed E-state index contributed by atoms with van der Waals surface area (Å²) < 4.78 is 10.9. The molecule has 0 radical (unpaired) electrons. The summed E-state index contributed by atoms with van der Waals surface area (Å²) >= 11 is 0. The van der Waals surface area contributed by atoms with Crippen LogP contribution >= 0.6 is 0 Å². The van der Waals surface area contributed by atoms with E-state index in [0.717, 1.165) is 17.6 Å². The lowest BCUT2D eigenvalue weighted by Gasteiger charge is -2.34. The lowest BCUT2D eigenvalue weighted by molar-refractivity contribution is 0.0734. The highest BCUT2D eigenvalue weighted by Gasteiger charge is 2.27. The molecule has 150 valence electrons. The van der Waals surface area contributed by atoms with Crippen molar-refractivity contribution in [2.24, 2.45) is 11.8 Å². The molecule has 1 saturated carbocycles. The lowest BCUT2D eigenvalue weighted by Crippen LogP contribution is -2.21. The molecule has 2 aromatic carbocycles. The van der Waals surface area contributed by atoms with Gasteiger partial charge >= 0.3 is 5.97 Å². The molecule has 1 fully saturated rings. The molecule has 3 unspecified atom stereocenters. The van der Waals surface area contributed by atoms with E-state index in [0.29, 0.717) is 23.8 Å². The molecule has 1 aliphatic carbocycles. The molecular weight excluding hydrogens is 348 g/mol. The number of benzene rings is 2. The first-order chi connectivity index (χ1) is 13.6. The monoisotopic (exact) mass is 380 g/mol. The van der Waals surface area contributed by atoms with Crippen LogP contribution in [-0.2, 0) is 0 Å². The van der Waals surface area contributed by atoms with E-state index in [2.05, 4.69) is 26.0 Å². The normalized spacial score (nSPS) is 21.9. The van der Waals surface area contributed by atoms with Crippen molar-refractivity contribution in [3.05, 3.63) is 59.7 Å². The Morgan fingerprint density at radius 2 is 1.64 bits per heavy atom. The Balaban J connectivity index is 1.58. The van der Waals surface area contributed by atoms with Crippen molar-refractivity contribution < 1.29 is 14.3 Å². The number of hydrogen-bond acceptors (Lipinski definition) is 3. The molecule has 3 rings (SSSR count). The van der Waals surface area contributed by atoms with Crippen LogP contribution in [0.15, 0.2) is 48.5 Å². The van der Waals surface area contributed by atoms with Crippen LogP contribution in [0.2, 0.25) is 0 Å². The lowest BCUT2D eigenvalue weighted by atomic mass is 9.71. The molecule has 0 saturated heterocycles. The summed E-state index contributed by atoms with van der Waals surface area (Å²) in [6.07, 6.45) is 6.46. The summed E-state index contributed by atoms with van der Waals surface area (Å²) in [6, 6.07) is 15.1. The zero-order chi connectivity index (χ0) is 19.9. The van der Waals surface area contributed by atoms with Gasteiger partial charge in [-0.25, -0.2) is 4.79 Å². The second kappa shape index (κ2) is 9.77. The van der Waals surface area contributed by atoms with Crippen molar-refractivity contribution in [1.29, 1.82) is 0 Å². The first kappa shape index (κ1) is 20.4. The van der Waals surface area contributed by atoms with Crippen molar-refractivity contribution in [1.82, 2.24) is 0 Å². The highest BCUT2D eigenvalue weighted by Crippen LogP contribution is 2.41. The Bertz CT molecular complexity index is 748. The maximum Gasteiger partial charge on any atom is 0.343 e. The highest BCUT2D eigenvalue weighted by molar-refractivity contribution is 5.91. The maximum atomic E-state index is 12.4. The smallest absolute Gasteiger partial charge is 0.343 e. The van der Waals surface area contributed by atoms with Crippen LogP contribution < -0.4 is 9.47 Å². The van der Waals surface area contributed by atoms with Crippen molar-refractivity contribution in [2.75, 3.05) is 6.61 Å². The van der Waals surface area contributed by atoms with Gasteiger partial charge in [0.25, 0.3) is 0 Å². The van der Waals surface area contributed by atoms with Gasteiger partial charge in [0.05, 0.1) is 12.2 Å². The predicted octanol–water partition coefficient (Wildman–Crippen LogP) is 6.62. The van der Waals surface area contributed by atoms with Crippen molar-refractivity contribution in [3.63, 3.8) is 0 Å². The second-order valence-electron chi connectivity index (χ2n) is 7.95. The molecule has 0 heterocycles. The van der Waals surface area contributed by atoms with E-state index >= 15 is 0 Å². The molecule has 3 nitrogen and oxygen atoms in total. The molecule has 28 heavy (non-hydrogen) atoms. The third kappa shape index (κ3) is 5.15. The summed E-state index contributed by atoms with van der Waals surface area (Å²) in [6.45, 7) is 7.23. The molecule has 0 aromatic heterocycles. The minimum Gasteiger partial charge on any atom is -0.494 e. The van der Waals surface area contributed by atoms with Crippen LogP contribution in [0.5, 0.6) is 11.5 Å². The Hall–Kier alpha value is -2.29. The van der Waals surface area contributed by atoms with E-state index in [1.165, 1.54) is 37.7 Å². The Morgan fingerprint density at radius 3 is 2.25 bits per heavy atom. The number of hydrogen-bond donors (Lipinski definition) is 0. The first-order valence-electron chi connectivity index (χ1n) is 10.7. The van der Waals surface area contributed by atoms with E-state index in [9.17, 15) is 4.79 Å². The van der Waals surface area contributed by atoms with E-state index in [4.69, 9.17) is 9.47 Å². The molecular formula is C25H32O3. The molecule has 2 aromatic rings. The van der Waals surface area contributed by atoms with Crippen LogP contribution in [0.4, 0.5) is 0 Å². The van der Waals surface area contributed by atoms with Gasteiger partial charge in [-0.1, -0.05) is 38.8 Å². The zero-order valence-electron chi connectivity index (χ0n) is 17.3. The molecule has 3 atom stereocenters. The van der Waals surface area contributed by atoms with E-state index in [-0.39, 0.29) is 5.97 Å². The van der Waals surface area contributed by atoms with Gasteiger partial charge in [-0.05, 0) is 85.9 Å². The van der Waals surface area contributed by atoms with Crippen molar-refractivity contribution in [3.8, 4) is 11.5 Å². The summed E-state index contributed by atoms with van der Waals surface area (Å²) in [5.41, 5.74) is 1.93. The van der Waals surface area contributed by atoms with Crippen LogP contribution in [0, 0.1) is 11.8 Å². The van der Waals surface area contributed by atoms with Crippen molar-refractivity contribution >= 4 is 5.97 Å². The number of carbonyl (C=O) groups excluding carboxylic acids is 1. The Labute approximate surface area is 169 Å². The van der Waals surface area contributed by atoms with Gasteiger partial charge in [0.15, 0.2) is 0 Å². The fraction of sp³-hybridized carbons (Fsp3) is 0.480. The SMILES string of the molecule is CCCC1CCC(c2ccc(C(=O)Oc3ccc(OCC)cc3)cc2)CC1C. The second-order valence-corrected chi connectivity index (χ2v) is 7.95. The minimum atomic E-state index is -0.323. The number of ether oxygens (including phenoxy) is 2. The van der Waals surface area contributed by atoms with Gasteiger partial charge < -0.3 is 9.47 Å². The molecule has 3 heteroatoms. The van der Waals surface area contributed by atoms with E-state index < -0.39 is 0 Å². The van der Waals surface area contributed by atoms with Gasteiger partial charge in [-0.15, -0.1) is 0 Å². The van der Waals surface area contributed by atoms with Crippen molar-refractivity contribution in [2.45, 2.75) is 58.8 Å². The highest BCUT2D eigenvalue weighted by atomic mass is 16.5. The largest absolute Gasteiger partial charge is 0.494 e. The summed E-state index contributed by atoms with van der Waals surface area (Å²) in [7, 11) is 0. The average Bonchev–Trinajstić information content (AvgIpc) is 2.71. The molecule has 0 aliphatic heterocycles. The first-order valence-corrected chi connectivity index (χ1v) is 10.7. The zero-order valence-corrected chi connectivity index (χ0v) is 17.3. The molecule has 1 aliphatic rings. The molecule has 0 spiro atoms.